The summed E-state index contributed by atoms with van der Waals surface area (Å²) in [5.74, 6) is -0.110. The van der Waals surface area contributed by atoms with Crippen LogP contribution >= 0.6 is 0 Å². The number of hydrogen-bond acceptors (Lipinski definition) is 7. The van der Waals surface area contributed by atoms with Crippen LogP contribution in [0.4, 0.5) is 5.95 Å². The Morgan fingerprint density at radius 3 is 2.52 bits per heavy atom. The normalized spacial score (nSPS) is 10.4. The highest BCUT2D eigenvalue weighted by Gasteiger charge is 2.23. The first-order valence-corrected chi connectivity index (χ1v) is 7.61. The minimum absolute atomic E-state index is 0.0622. The molecule has 0 radical (unpaired) electrons. The van der Waals surface area contributed by atoms with E-state index in [1.54, 1.807) is 23.1 Å². The molecular weight excluding hydrogens is 330 g/mol. The molecule has 2 aromatic rings. The smallest absolute Gasteiger partial charge is 0.493 e. The van der Waals surface area contributed by atoms with E-state index in [0.717, 1.165) is 4.68 Å². The van der Waals surface area contributed by atoms with Gasteiger partial charge in [0.1, 0.15) is 0 Å². The van der Waals surface area contributed by atoms with E-state index in [4.69, 9.17) is 9.47 Å². The second-order valence-corrected chi connectivity index (χ2v) is 5.02. The van der Waals surface area contributed by atoms with Crippen LogP contribution in [0.1, 0.15) is 24.2 Å². The number of hydrogen-bond donors (Lipinski definition) is 0. The highest BCUT2D eigenvalue weighted by atomic mass is 16.6. The summed E-state index contributed by atoms with van der Waals surface area (Å²) in [4.78, 5) is 27.8. The first-order chi connectivity index (χ1) is 11.9. The van der Waals surface area contributed by atoms with Crippen molar-refractivity contribution in [3.63, 3.8) is 0 Å². The molecule has 0 spiro atoms. The number of ether oxygens (including phenoxy) is 2. The molecule has 134 valence electrons. The van der Waals surface area contributed by atoms with Gasteiger partial charge in [-0.15, -0.1) is 4.68 Å². The summed E-state index contributed by atoms with van der Waals surface area (Å²) in [5, 5.41) is 14.4. The van der Waals surface area contributed by atoms with Crippen molar-refractivity contribution in [1.82, 2.24) is 19.7 Å². The Hall–Kier alpha value is -3.17. The van der Waals surface area contributed by atoms with Crippen LogP contribution in [-0.2, 0) is 7.05 Å². The van der Waals surface area contributed by atoms with Crippen molar-refractivity contribution in [1.29, 1.82) is 0 Å². The number of carbonyl (C=O) groups excluding carboxylic acids is 1. The molecule has 0 unspecified atom stereocenters. The predicted molar refractivity (Wildman–Crippen MR) is 88.0 cm³/mol. The van der Waals surface area contributed by atoms with Gasteiger partial charge in [0.25, 0.3) is 5.91 Å². The van der Waals surface area contributed by atoms with Gasteiger partial charge in [0.2, 0.25) is 0 Å². The molecule has 2 rings (SSSR count). The Morgan fingerprint density at radius 1 is 1.32 bits per heavy atom. The topological polar surface area (TPSA) is 113 Å². The van der Waals surface area contributed by atoms with Gasteiger partial charge in [0, 0.05) is 23.8 Å². The molecule has 25 heavy (non-hydrogen) atoms. The third-order valence-corrected chi connectivity index (χ3v) is 3.54. The predicted octanol–water partition coefficient (Wildman–Crippen LogP) is 2.01. The van der Waals surface area contributed by atoms with E-state index < -0.39 is 10.9 Å². The molecular formula is C15H19N5O5. The van der Waals surface area contributed by atoms with Crippen molar-refractivity contribution in [2.45, 2.75) is 13.8 Å². The second kappa shape index (κ2) is 7.60. The number of nitro groups is 1. The van der Waals surface area contributed by atoms with E-state index >= 15 is 0 Å². The summed E-state index contributed by atoms with van der Waals surface area (Å²) < 4.78 is 12.0. The summed E-state index contributed by atoms with van der Waals surface area (Å²) in [7, 11) is 2.91. The SMILES string of the molecule is CCN(CC)C(=O)c1ccc(Oc2nc([N+](=O)[O-])nn2C)c(OC)c1. The fourth-order valence-electron chi connectivity index (χ4n) is 2.20. The molecule has 0 atom stereocenters. The minimum Gasteiger partial charge on any atom is -0.493 e. The molecule has 0 aliphatic heterocycles. The van der Waals surface area contributed by atoms with Gasteiger partial charge in [-0.25, -0.2) is 0 Å². The molecule has 10 nitrogen and oxygen atoms in total. The minimum atomic E-state index is -0.712. The van der Waals surface area contributed by atoms with Crippen molar-refractivity contribution >= 4 is 11.9 Å². The number of carbonyl (C=O) groups is 1. The van der Waals surface area contributed by atoms with E-state index in [9.17, 15) is 14.9 Å². The number of nitrogens with zero attached hydrogens (tertiary/aromatic N) is 5. The van der Waals surface area contributed by atoms with Gasteiger partial charge in [-0.3, -0.25) is 4.79 Å². The lowest BCUT2D eigenvalue weighted by atomic mass is 10.1. The van der Waals surface area contributed by atoms with E-state index in [-0.39, 0.29) is 17.7 Å². The Balaban J connectivity index is 2.31. The van der Waals surface area contributed by atoms with Crippen LogP contribution in [0.5, 0.6) is 17.5 Å². The first-order valence-electron chi connectivity index (χ1n) is 7.61. The van der Waals surface area contributed by atoms with Crippen LogP contribution in [-0.4, -0.2) is 50.7 Å². The van der Waals surface area contributed by atoms with Crippen LogP contribution in [0.25, 0.3) is 0 Å². The Morgan fingerprint density at radius 2 is 2.00 bits per heavy atom. The van der Waals surface area contributed by atoms with E-state index in [1.165, 1.54) is 14.2 Å². The average molecular weight is 349 g/mol. The Kier molecular flexibility index (Phi) is 5.52. The van der Waals surface area contributed by atoms with Crippen molar-refractivity contribution in [2.24, 2.45) is 7.05 Å². The van der Waals surface area contributed by atoms with Crippen molar-refractivity contribution in [3.05, 3.63) is 33.9 Å². The lowest BCUT2D eigenvalue weighted by molar-refractivity contribution is -0.394. The van der Waals surface area contributed by atoms with Gasteiger partial charge < -0.3 is 24.5 Å². The quantitative estimate of drug-likeness (QED) is 0.555. The van der Waals surface area contributed by atoms with Crippen LogP contribution in [0.15, 0.2) is 18.2 Å². The molecule has 0 bridgehead atoms. The summed E-state index contributed by atoms with van der Waals surface area (Å²) in [6, 6.07) is 4.65. The Labute approximate surface area is 144 Å². The molecule has 0 fully saturated rings. The van der Waals surface area contributed by atoms with E-state index in [1.807, 2.05) is 13.8 Å². The zero-order valence-corrected chi connectivity index (χ0v) is 14.4. The molecule has 0 N–H and O–H groups in total. The molecule has 10 heteroatoms. The highest BCUT2D eigenvalue weighted by molar-refractivity contribution is 5.94. The lowest BCUT2D eigenvalue weighted by Gasteiger charge is -2.19. The first kappa shape index (κ1) is 18.2. The van der Waals surface area contributed by atoms with E-state index in [0.29, 0.717) is 24.4 Å². The number of rotatable bonds is 7. The number of aryl methyl sites for hydroxylation is 1. The number of benzene rings is 1. The summed E-state index contributed by atoms with van der Waals surface area (Å²) >= 11 is 0. The molecule has 1 aromatic carbocycles. The van der Waals surface area contributed by atoms with E-state index in [2.05, 4.69) is 10.1 Å². The molecule has 1 aromatic heterocycles. The number of methoxy groups -OCH3 is 1. The van der Waals surface area contributed by atoms with Gasteiger partial charge in [0.15, 0.2) is 11.5 Å². The van der Waals surface area contributed by atoms with Gasteiger partial charge in [-0.05, 0) is 42.0 Å². The second-order valence-electron chi connectivity index (χ2n) is 5.02. The molecule has 1 heterocycles. The summed E-state index contributed by atoms with van der Waals surface area (Å²) in [6.45, 7) is 4.99. The average Bonchev–Trinajstić information content (AvgIpc) is 2.97. The third-order valence-electron chi connectivity index (χ3n) is 3.54. The monoisotopic (exact) mass is 349 g/mol. The fraction of sp³-hybridized carbons (Fsp3) is 0.400. The number of aromatic nitrogens is 3. The third kappa shape index (κ3) is 3.84. The molecule has 0 aliphatic rings. The fourth-order valence-corrected chi connectivity index (χ4v) is 2.20. The van der Waals surface area contributed by atoms with Crippen LogP contribution in [0.2, 0.25) is 0 Å². The van der Waals surface area contributed by atoms with Crippen molar-refractivity contribution < 1.29 is 19.2 Å². The van der Waals surface area contributed by atoms with Gasteiger partial charge in [0.05, 0.1) is 14.2 Å². The van der Waals surface area contributed by atoms with Crippen LogP contribution in [0.3, 0.4) is 0 Å². The van der Waals surface area contributed by atoms with Gasteiger partial charge in [-0.1, -0.05) is 0 Å². The summed E-state index contributed by atoms with van der Waals surface area (Å²) in [5.41, 5.74) is 0.455. The zero-order valence-electron chi connectivity index (χ0n) is 14.4. The van der Waals surface area contributed by atoms with Gasteiger partial charge >= 0.3 is 12.0 Å². The maximum atomic E-state index is 12.4. The van der Waals surface area contributed by atoms with Crippen LogP contribution < -0.4 is 9.47 Å². The van der Waals surface area contributed by atoms with Gasteiger partial charge in [-0.2, -0.15) is 0 Å². The molecule has 1 amide bonds. The zero-order chi connectivity index (χ0) is 18.6. The number of amides is 1. The lowest BCUT2D eigenvalue weighted by Crippen LogP contribution is -2.30. The standard InChI is InChI=1S/C15H19N5O5/c1-5-19(6-2)13(21)10-7-8-11(12(9-10)24-4)25-15-16-14(20(22)23)17-18(15)3/h7-9H,5-6H2,1-4H3. The van der Waals surface area contributed by atoms with Crippen LogP contribution in [0, 0.1) is 10.1 Å². The Bertz CT molecular complexity index is 785. The largest absolute Gasteiger partial charge is 0.494 e. The molecule has 0 saturated carbocycles. The molecule has 0 saturated heterocycles. The maximum Gasteiger partial charge on any atom is 0.494 e. The van der Waals surface area contributed by atoms with Crippen molar-refractivity contribution in [2.75, 3.05) is 20.2 Å². The maximum absolute atomic E-state index is 12.4. The molecule has 0 aliphatic carbocycles. The van der Waals surface area contributed by atoms with Crippen molar-refractivity contribution in [3.8, 4) is 17.5 Å². The summed E-state index contributed by atoms with van der Waals surface area (Å²) in [6.07, 6.45) is 0. The highest BCUT2D eigenvalue weighted by Crippen LogP contribution is 2.32.